The Bertz CT molecular complexity index is 899. The number of ether oxygens (including phenoxy) is 2. The maximum Gasteiger partial charge on any atom is 0.306 e. The number of hydrogen-bond donors (Lipinski definition) is 1. The third kappa shape index (κ3) is 40.2. The molecule has 0 saturated carbocycles. The van der Waals surface area contributed by atoms with E-state index in [-0.39, 0.29) is 25.2 Å². The van der Waals surface area contributed by atoms with Crippen molar-refractivity contribution in [2.24, 2.45) is 0 Å². The molecule has 0 heterocycles. The van der Waals surface area contributed by atoms with Crippen LogP contribution in [0.2, 0.25) is 0 Å². The summed E-state index contributed by atoms with van der Waals surface area (Å²) >= 11 is 0. The molecule has 294 valence electrons. The molecule has 5 nitrogen and oxygen atoms in total. The van der Waals surface area contributed by atoms with Crippen LogP contribution >= 0.6 is 0 Å². The SMILES string of the molecule is CC/C=C\C/C=C\C/C=C\C/C=C\C/C=C\CCCCCCCCCCCCCC(=O)OC(CO)COC(=O)CCCCCCCCCCCC. The van der Waals surface area contributed by atoms with E-state index in [0.29, 0.717) is 12.8 Å². The third-order valence-corrected chi connectivity index (χ3v) is 9.08. The van der Waals surface area contributed by atoms with Gasteiger partial charge in [-0.25, -0.2) is 0 Å². The van der Waals surface area contributed by atoms with Crippen molar-refractivity contribution in [3.05, 3.63) is 60.8 Å². The summed E-state index contributed by atoms with van der Waals surface area (Å²) in [6, 6.07) is 0. The molecule has 0 aliphatic carbocycles. The van der Waals surface area contributed by atoms with Crippen LogP contribution in [0.4, 0.5) is 0 Å². The number of unbranched alkanes of at least 4 members (excludes halogenated alkanes) is 20. The Morgan fingerprint density at radius 3 is 1.27 bits per heavy atom. The molecular formula is C46H80O5. The van der Waals surface area contributed by atoms with E-state index in [4.69, 9.17) is 9.47 Å². The van der Waals surface area contributed by atoms with Crippen LogP contribution in [0.1, 0.15) is 200 Å². The zero-order valence-electron chi connectivity index (χ0n) is 33.4. The molecule has 0 aliphatic heterocycles. The summed E-state index contributed by atoms with van der Waals surface area (Å²) in [5.41, 5.74) is 0. The van der Waals surface area contributed by atoms with E-state index in [0.717, 1.165) is 70.6 Å². The fraction of sp³-hybridized carbons (Fsp3) is 0.739. The van der Waals surface area contributed by atoms with Crippen molar-refractivity contribution in [2.45, 2.75) is 206 Å². The van der Waals surface area contributed by atoms with Gasteiger partial charge in [0.05, 0.1) is 6.61 Å². The van der Waals surface area contributed by atoms with Crippen molar-refractivity contribution >= 4 is 11.9 Å². The maximum absolute atomic E-state index is 12.2. The number of allylic oxidation sites excluding steroid dienone is 10. The number of rotatable bonds is 38. The molecule has 0 aromatic heterocycles. The Kier molecular flexibility index (Phi) is 40.0. The van der Waals surface area contributed by atoms with Gasteiger partial charge in [-0.2, -0.15) is 0 Å². The van der Waals surface area contributed by atoms with Crippen molar-refractivity contribution < 1.29 is 24.2 Å². The van der Waals surface area contributed by atoms with Gasteiger partial charge in [-0.3, -0.25) is 9.59 Å². The highest BCUT2D eigenvalue weighted by atomic mass is 16.6. The van der Waals surface area contributed by atoms with Gasteiger partial charge in [0.1, 0.15) is 6.61 Å². The van der Waals surface area contributed by atoms with E-state index in [9.17, 15) is 14.7 Å². The fourth-order valence-electron chi connectivity index (χ4n) is 5.87. The predicted molar refractivity (Wildman–Crippen MR) is 219 cm³/mol. The molecular weight excluding hydrogens is 633 g/mol. The largest absolute Gasteiger partial charge is 0.462 e. The topological polar surface area (TPSA) is 72.8 Å². The van der Waals surface area contributed by atoms with Crippen molar-refractivity contribution in [3.8, 4) is 0 Å². The molecule has 0 spiro atoms. The van der Waals surface area contributed by atoms with E-state index in [2.05, 4.69) is 74.6 Å². The van der Waals surface area contributed by atoms with Gasteiger partial charge in [-0.15, -0.1) is 0 Å². The average Bonchev–Trinajstić information content (AvgIpc) is 3.13. The first-order chi connectivity index (χ1) is 25.1. The molecule has 1 N–H and O–H groups in total. The minimum Gasteiger partial charge on any atom is -0.462 e. The van der Waals surface area contributed by atoms with Crippen LogP contribution < -0.4 is 0 Å². The Labute approximate surface area is 315 Å². The summed E-state index contributed by atoms with van der Waals surface area (Å²) < 4.78 is 10.6. The molecule has 1 atom stereocenters. The van der Waals surface area contributed by atoms with Gasteiger partial charge >= 0.3 is 11.9 Å². The minimum absolute atomic E-state index is 0.0663. The highest BCUT2D eigenvalue weighted by molar-refractivity contribution is 5.70. The normalized spacial score (nSPS) is 12.8. The molecule has 5 heteroatoms. The van der Waals surface area contributed by atoms with Gasteiger partial charge in [-0.05, 0) is 57.8 Å². The number of carbonyl (C=O) groups is 2. The zero-order valence-corrected chi connectivity index (χ0v) is 33.4. The highest BCUT2D eigenvalue weighted by Gasteiger charge is 2.16. The summed E-state index contributed by atoms with van der Waals surface area (Å²) in [5, 5.41) is 9.55. The Balaban J connectivity index is 3.52. The summed E-state index contributed by atoms with van der Waals surface area (Å²) in [5.74, 6) is -0.595. The highest BCUT2D eigenvalue weighted by Crippen LogP contribution is 2.14. The Hall–Kier alpha value is -2.40. The quantitative estimate of drug-likeness (QED) is 0.0392. The van der Waals surface area contributed by atoms with Crippen LogP contribution in [0.25, 0.3) is 0 Å². The van der Waals surface area contributed by atoms with Crippen LogP contribution in [0, 0.1) is 0 Å². The van der Waals surface area contributed by atoms with Crippen LogP contribution in [0.15, 0.2) is 60.8 Å². The second kappa shape index (κ2) is 42.0. The van der Waals surface area contributed by atoms with E-state index in [1.807, 2.05) is 0 Å². The second-order valence-electron chi connectivity index (χ2n) is 14.0. The first-order valence-electron chi connectivity index (χ1n) is 21.3. The lowest BCUT2D eigenvalue weighted by atomic mass is 10.0. The monoisotopic (exact) mass is 713 g/mol. The number of esters is 2. The predicted octanol–water partition coefficient (Wildman–Crippen LogP) is 13.6. The number of aliphatic hydroxyl groups excluding tert-OH is 1. The zero-order chi connectivity index (χ0) is 37.1. The lowest BCUT2D eigenvalue weighted by molar-refractivity contribution is -0.161. The lowest BCUT2D eigenvalue weighted by Crippen LogP contribution is -2.28. The summed E-state index contributed by atoms with van der Waals surface area (Å²) in [6.07, 6.45) is 54.4. The molecule has 1 unspecified atom stereocenters. The number of aliphatic hydroxyl groups is 1. The Morgan fingerprint density at radius 2 is 0.843 bits per heavy atom. The van der Waals surface area contributed by atoms with Crippen LogP contribution in [0.5, 0.6) is 0 Å². The lowest BCUT2D eigenvalue weighted by Gasteiger charge is -2.15. The van der Waals surface area contributed by atoms with E-state index in [1.165, 1.54) is 103 Å². The molecule has 0 fully saturated rings. The number of carbonyl (C=O) groups excluding carboxylic acids is 2. The van der Waals surface area contributed by atoms with Crippen molar-refractivity contribution in [2.75, 3.05) is 13.2 Å². The van der Waals surface area contributed by atoms with E-state index in [1.54, 1.807) is 0 Å². The van der Waals surface area contributed by atoms with E-state index >= 15 is 0 Å². The molecule has 0 aromatic carbocycles. The third-order valence-electron chi connectivity index (χ3n) is 9.08. The van der Waals surface area contributed by atoms with Gasteiger partial charge in [0.25, 0.3) is 0 Å². The molecule has 0 bridgehead atoms. The average molecular weight is 713 g/mol. The van der Waals surface area contributed by atoms with Crippen molar-refractivity contribution in [1.82, 2.24) is 0 Å². The van der Waals surface area contributed by atoms with Gasteiger partial charge in [-0.1, -0.05) is 190 Å². The first kappa shape index (κ1) is 48.6. The molecule has 0 saturated heterocycles. The second-order valence-corrected chi connectivity index (χ2v) is 14.0. The van der Waals surface area contributed by atoms with Crippen molar-refractivity contribution in [3.63, 3.8) is 0 Å². The molecule has 0 radical (unpaired) electrons. The molecule has 0 aliphatic rings. The molecule has 51 heavy (non-hydrogen) atoms. The minimum atomic E-state index is -0.771. The molecule has 0 amide bonds. The van der Waals surface area contributed by atoms with E-state index < -0.39 is 6.10 Å². The maximum atomic E-state index is 12.2. The van der Waals surface area contributed by atoms with Gasteiger partial charge in [0.15, 0.2) is 6.10 Å². The molecule has 0 aromatic rings. The number of hydrogen-bond acceptors (Lipinski definition) is 5. The van der Waals surface area contributed by atoms with Crippen LogP contribution in [-0.4, -0.2) is 36.4 Å². The Morgan fingerprint density at radius 1 is 0.471 bits per heavy atom. The summed E-state index contributed by atoms with van der Waals surface area (Å²) in [6.45, 7) is 4.01. The van der Waals surface area contributed by atoms with Gasteiger partial charge < -0.3 is 14.6 Å². The summed E-state index contributed by atoms with van der Waals surface area (Å²) in [7, 11) is 0. The van der Waals surface area contributed by atoms with Crippen molar-refractivity contribution in [1.29, 1.82) is 0 Å². The summed E-state index contributed by atoms with van der Waals surface area (Å²) in [4.78, 5) is 24.2. The molecule has 0 rings (SSSR count). The fourth-order valence-corrected chi connectivity index (χ4v) is 5.87. The standard InChI is InChI=1S/C46H80O5/c1-3-5-7-9-11-13-15-16-17-18-19-20-21-22-23-24-25-26-27-28-29-30-31-33-35-37-39-41-46(49)51-44(42-47)43-50-45(48)40-38-36-34-32-14-12-10-8-6-4-2/h5,7,11,13,16-17,19-20,22-23,44,47H,3-4,6,8-10,12,14-15,18,21,24-43H2,1-2H3/b7-5-,13-11-,17-16-,20-19-,23-22-. The van der Waals surface area contributed by atoms with Gasteiger partial charge in [0, 0.05) is 12.8 Å². The smallest absolute Gasteiger partial charge is 0.306 e. The van der Waals surface area contributed by atoms with Gasteiger partial charge in [0.2, 0.25) is 0 Å². The van der Waals surface area contributed by atoms with Crippen LogP contribution in [-0.2, 0) is 19.1 Å². The first-order valence-corrected chi connectivity index (χ1v) is 21.3. The van der Waals surface area contributed by atoms with Crippen LogP contribution in [0.3, 0.4) is 0 Å².